The number of nitriles is 1. The number of anilines is 1. The zero-order valence-electron chi connectivity index (χ0n) is 18.6. The van der Waals surface area contributed by atoms with Crippen LogP contribution in [0.15, 0.2) is 70.7 Å². The molecule has 0 radical (unpaired) electrons. The smallest absolute Gasteiger partial charge is 0.266 e. The molecule has 0 saturated heterocycles. The van der Waals surface area contributed by atoms with E-state index in [2.05, 4.69) is 21.2 Å². The molecule has 0 spiro atoms. The number of rotatable bonds is 9. The highest BCUT2D eigenvalue weighted by atomic mass is 79.9. The van der Waals surface area contributed by atoms with Crippen LogP contribution in [-0.2, 0) is 11.4 Å². The molecule has 3 aromatic carbocycles. The summed E-state index contributed by atoms with van der Waals surface area (Å²) in [5, 5.41) is 12.9. The number of amides is 1. The molecule has 0 fully saturated rings. The maximum atomic E-state index is 12.7. The number of ether oxygens (including phenoxy) is 3. The van der Waals surface area contributed by atoms with E-state index in [1.165, 1.54) is 13.2 Å². The third-order valence-corrected chi connectivity index (χ3v) is 5.62. The van der Waals surface area contributed by atoms with E-state index in [-0.39, 0.29) is 12.2 Å². The topological polar surface area (TPSA) is 80.6 Å². The summed E-state index contributed by atoms with van der Waals surface area (Å²) < 4.78 is 17.5. The molecule has 8 heteroatoms. The maximum absolute atomic E-state index is 12.7. The van der Waals surface area contributed by atoms with Gasteiger partial charge in [0.2, 0.25) is 0 Å². The van der Waals surface area contributed by atoms with E-state index in [1.54, 1.807) is 42.5 Å². The summed E-state index contributed by atoms with van der Waals surface area (Å²) >= 11 is 9.70. The Morgan fingerprint density at radius 1 is 1.15 bits per heavy atom. The van der Waals surface area contributed by atoms with E-state index in [9.17, 15) is 10.1 Å². The van der Waals surface area contributed by atoms with Crippen molar-refractivity contribution in [3.8, 4) is 23.3 Å². The predicted molar refractivity (Wildman–Crippen MR) is 136 cm³/mol. The lowest BCUT2D eigenvalue weighted by Gasteiger charge is -2.14. The first-order valence-electron chi connectivity index (χ1n) is 10.3. The first-order chi connectivity index (χ1) is 16.4. The van der Waals surface area contributed by atoms with Crippen LogP contribution >= 0.6 is 27.5 Å². The van der Waals surface area contributed by atoms with E-state index in [0.29, 0.717) is 44.6 Å². The van der Waals surface area contributed by atoms with Crippen molar-refractivity contribution < 1.29 is 19.0 Å². The molecule has 1 N–H and O–H groups in total. The van der Waals surface area contributed by atoms with Crippen molar-refractivity contribution in [2.75, 3.05) is 19.0 Å². The monoisotopic (exact) mass is 540 g/mol. The third-order valence-electron chi connectivity index (χ3n) is 4.66. The number of nitrogens with one attached hydrogen (secondary N) is 1. The molecule has 0 aliphatic carbocycles. The Bertz CT molecular complexity index is 1250. The van der Waals surface area contributed by atoms with Crippen molar-refractivity contribution >= 4 is 45.2 Å². The number of hydrogen-bond donors (Lipinski definition) is 1. The molecule has 0 bridgehead atoms. The van der Waals surface area contributed by atoms with E-state index in [0.717, 1.165) is 5.56 Å². The van der Waals surface area contributed by atoms with Crippen LogP contribution in [0.25, 0.3) is 6.08 Å². The fourth-order valence-corrected chi connectivity index (χ4v) is 3.84. The van der Waals surface area contributed by atoms with Gasteiger partial charge in [0.05, 0.1) is 18.2 Å². The maximum Gasteiger partial charge on any atom is 0.266 e. The SMILES string of the molecule is CCOc1cccc(NC(=O)/C(C#N)=C\c2cc(Br)c(OCc3ccccc3Cl)c(OC)c2)c1. The Morgan fingerprint density at radius 3 is 2.65 bits per heavy atom. The number of benzene rings is 3. The Labute approximate surface area is 211 Å². The Balaban J connectivity index is 1.81. The number of halogens is 2. The van der Waals surface area contributed by atoms with Crippen molar-refractivity contribution in [2.24, 2.45) is 0 Å². The molecule has 174 valence electrons. The van der Waals surface area contributed by atoms with Crippen LogP contribution in [0.1, 0.15) is 18.1 Å². The van der Waals surface area contributed by atoms with Gasteiger partial charge >= 0.3 is 0 Å². The van der Waals surface area contributed by atoms with Gasteiger partial charge in [0.25, 0.3) is 5.91 Å². The number of carbonyl (C=O) groups excluding carboxylic acids is 1. The van der Waals surface area contributed by atoms with Crippen molar-refractivity contribution in [3.63, 3.8) is 0 Å². The summed E-state index contributed by atoms with van der Waals surface area (Å²) in [5.74, 6) is 1.01. The fraction of sp³-hybridized carbons (Fsp3) is 0.154. The summed E-state index contributed by atoms with van der Waals surface area (Å²) in [6.07, 6.45) is 1.48. The fourth-order valence-electron chi connectivity index (χ4n) is 3.07. The average Bonchev–Trinajstić information content (AvgIpc) is 2.83. The number of nitrogens with zero attached hydrogens (tertiary/aromatic N) is 1. The highest BCUT2D eigenvalue weighted by Gasteiger charge is 2.15. The molecule has 1 amide bonds. The highest BCUT2D eigenvalue weighted by Crippen LogP contribution is 2.38. The van der Waals surface area contributed by atoms with Gasteiger partial charge in [-0.05, 0) is 64.8 Å². The Morgan fingerprint density at radius 2 is 1.94 bits per heavy atom. The van der Waals surface area contributed by atoms with Crippen LogP contribution in [-0.4, -0.2) is 19.6 Å². The van der Waals surface area contributed by atoms with E-state index in [1.807, 2.05) is 31.2 Å². The van der Waals surface area contributed by atoms with Crippen LogP contribution in [0.5, 0.6) is 17.2 Å². The molecule has 3 aromatic rings. The molecule has 3 rings (SSSR count). The van der Waals surface area contributed by atoms with E-state index >= 15 is 0 Å². The first kappa shape index (κ1) is 25.2. The summed E-state index contributed by atoms with van der Waals surface area (Å²) in [5.41, 5.74) is 1.88. The van der Waals surface area contributed by atoms with Gasteiger partial charge in [-0.3, -0.25) is 4.79 Å². The van der Waals surface area contributed by atoms with Crippen molar-refractivity contribution in [2.45, 2.75) is 13.5 Å². The minimum atomic E-state index is -0.537. The summed E-state index contributed by atoms with van der Waals surface area (Å²) in [6.45, 7) is 2.63. The minimum absolute atomic E-state index is 0.0690. The third kappa shape index (κ3) is 6.53. The molecule has 0 atom stereocenters. The Hall–Kier alpha value is -3.47. The zero-order valence-corrected chi connectivity index (χ0v) is 20.9. The quantitative estimate of drug-likeness (QED) is 0.243. The second kappa shape index (κ2) is 12.1. The first-order valence-corrected chi connectivity index (χ1v) is 11.5. The molecular formula is C26H22BrClN2O4. The normalized spacial score (nSPS) is 10.9. The van der Waals surface area contributed by atoms with Gasteiger partial charge in [0.1, 0.15) is 24.0 Å². The van der Waals surface area contributed by atoms with Gasteiger partial charge in [0, 0.05) is 22.3 Å². The number of methoxy groups -OCH3 is 1. The predicted octanol–water partition coefficient (Wildman–Crippen LogP) is 6.63. The largest absolute Gasteiger partial charge is 0.494 e. The molecule has 0 saturated carbocycles. The summed E-state index contributed by atoms with van der Waals surface area (Å²) in [7, 11) is 1.51. The van der Waals surface area contributed by atoms with Crippen LogP contribution < -0.4 is 19.5 Å². The van der Waals surface area contributed by atoms with Crippen LogP contribution in [0.3, 0.4) is 0 Å². The van der Waals surface area contributed by atoms with Gasteiger partial charge in [-0.2, -0.15) is 5.26 Å². The average molecular weight is 542 g/mol. The van der Waals surface area contributed by atoms with Crippen molar-refractivity contribution in [1.29, 1.82) is 5.26 Å². The van der Waals surface area contributed by atoms with Crippen LogP contribution in [0.4, 0.5) is 5.69 Å². The lowest BCUT2D eigenvalue weighted by atomic mass is 10.1. The van der Waals surface area contributed by atoms with Gasteiger partial charge in [0.15, 0.2) is 11.5 Å². The van der Waals surface area contributed by atoms with E-state index in [4.69, 9.17) is 25.8 Å². The van der Waals surface area contributed by atoms with E-state index < -0.39 is 5.91 Å². The van der Waals surface area contributed by atoms with Crippen LogP contribution in [0, 0.1) is 11.3 Å². The second-order valence-electron chi connectivity index (χ2n) is 7.00. The van der Waals surface area contributed by atoms with Gasteiger partial charge < -0.3 is 19.5 Å². The van der Waals surface area contributed by atoms with Crippen molar-refractivity contribution in [1.82, 2.24) is 0 Å². The number of hydrogen-bond acceptors (Lipinski definition) is 5. The lowest BCUT2D eigenvalue weighted by Crippen LogP contribution is -2.13. The Kier molecular flexibility index (Phi) is 8.97. The summed E-state index contributed by atoms with van der Waals surface area (Å²) in [6, 6.07) is 19.8. The zero-order chi connectivity index (χ0) is 24.5. The van der Waals surface area contributed by atoms with Gasteiger partial charge in [-0.1, -0.05) is 35.9 Å². The number of carbonyl (C=O) groups is 1. The second-order valence-corrected chi connectivity index (χ2v) is 8.26. The minimum Gasteiger partial charge on any atom is -0.494 e. The molecule has 0 aliphatic heterocycles. The molecule has 0 aliphatic rings. The molecule has 0 heterocycles. The molecule has 0 aromatic heterocycles. The van der Waals surface area contributed by atoms with Gasteiger partial charge in [-0.15, -0.1) is 0 Å². The molecule has 6 nitrogen and oxygen atoms in total. The molecular weight excluding hydrogens is 520 g/mol. The lowest BCUT2D eigenvalue weighted by molar-refractivity contribution is -0.112. The van der Waals surface area contributed by atoms with Crippen LogP contribution in [0.2, 0.25) is 5.02 Å². The molecule has 0 unspecified atom stereocenters. The highest BCUT2D eigenvalue weighted by molar-refractivity contribution is 9.10. The van der Waals surface area contributed by atoms with Crippen molar-refractivity contribution in [3.05, 3.63) is 86.9 Å². The summed E-state index contributed by atoms with van der Waals surface area (Å²) in [4.78, 5) is 12.7. The standard InChI is InChI=1S/C26H22BrClN2O4/c1-3-33-21-9-6-8-20(14-21)30-26(31)19(15-29)11-17-12-22(27)25(24(13-17)32-2)34-16-18-7-4-5-10-23(18)28/h4-14H,3,16H2,1-2H3,(H,30,31)/b19-11-. The van der Waals surface area contributed by atoms with Gasteiger partial charge in [-0.25, -0.2) is 0 Å². The molecule has 34 heavy (non-hydrogen) atoms.